The van der Waals surface area contributed by atoms with E-state index in [1.807, 2.05) is 6.07 Å². The summed E-state index contributed by atoms with van der Waals surface area (Å²) in [5.74, 6) is -4.93. The van der Waals surface area contributed by atoms with Crippen molar-refractivity contribution in [2.75, 3.05) is 5.32 Å². The molecule has 0 saturated carbocycles. The first-order chi connectivity index (χ1) is 15.3. The van der Waals surface area contributed by atoms with Crippen LogP contribution in [0.25, 0.3) is 21.7 Å². The number of nitrogens with zero attached hydrogens (tertiary/aromatic N) is 1. The topological polar surface area (TPSA) is 99.5 Å². The number of aromatic carboxylic acids is 1. The minimum absolute atomic E-state index is 0.0623. The van der Waals surface area contributed by atoms with Crippen LogP contribution in [0.15, 0.2) is 47.8 Å². The number of benzene rings is 2. The number of hydrogen-bond donors (Lipinski definition) is 3. The molecular formula is C22H14F2N2O4S2. The SMILES string of the molecule is Cc1ccc(-c2csc(NC(=O)c3sc(-c4ccccc4)nc3O)c2C(=O)O)c(F)c1F. The fourth-order valence-corrected chi connectivity index (χ4v) is 4.85. The molecule has 0 saturated heterocycles. The number of thiazole rings is 1. The molecule has 32 heavy (non-hydrogen) atoms. The fraction of sp³-hybridized carbons (Fsp3) is 0.0455. The second-order valence-electron chi connectivity index (χ2n) is 6.71. The summed E-state index contributed by atoms with van der Waals surface area (Å²) < 4.78 is 28.5. The molecule has 162 valence electrons. The van der Waals surface area contributed by atoms with E-state index in [0.717, 1.165) is 22.7 Å². The molecule has 4 rings (SSSR count). The molecule has 0 radical (unpaired) electrons. The van der Waals surface area contributed by atoms with Crippen LogP contribution in [0.2, 0.25) is 0 Å². The van der Waals surface area contributed by atoms with Crippen molar-refractivity contribution in [1.29, 1.82) is 0 Å². The van der Waals surface area contributed by atoms with E-state index in [9.17, 15) is 28.6 Å². The Balaban J connectivity index is 1.69. The average molecular weight is 472 g/mol. The number of rotatable bonds is 5. The van der Waals surface area contributed by atoms with Gasteiger partial charge in [0.1, 0.15) is 15.6 Å². The number of hydrogen-bond acceptors (Lipinski definition) is 6. The van der Waals surface area contributed by atoms with Gasteiger partial charge in [0.15, 0.2) is 16.5 Å². The lowest BCUT2D eigenvalue weighted by Crippen LogP contribution is -2.12. The van der Waals surface area contributed by atoms with Gasteiger partial charge in [-0.25, -0.2) is 18.6 Å². The van der Waals surface area contributed by atoms with Crippen molar-refractivity contribution >= 4 is 39.6 Å². The normalized spacial score (nSPS) is 10.8. The highest BCUT2D eigenvalue weighted by Crippen LogP contribution is 2.39. The molecule has 1 amide bonds. The van der Waals surface area contributed by atoms with Gasteiger partial charge in [0.25, 0.3) is 5.91 Å². The van der Waals surface area contributed by atoms with E-state index in [4.69, 9.17) is 0 Å². The Hall–Kier alpha value is -3.63. The minimum Gasteiger partial charge on any atom is -0.492 e. The highest BCUT2D eigenvalue weighted by molar-refractivity contribution is 7.18. The van der Waals surface area contributed by atoms with Gasteiger partial charge < -0.3 is 15.5 Å². The molecule has 0 aliphatic rings. The van der Waals surface area contributed by atoms with Gasteiger partial charge in [0.05, 0.1) is 0 Å². The van der Waals surface area contributed by atoms with Gasteiger partial charge in [-0.15, -0.1) is 22.7 Å². The average Bonchev–Trinajstić information content (AvgIpc) is 3.36. The monoisotopic (exact) mass is 472 g/mol. The summed E-state index contributed by atoms with van der Waals surface area (Å²) in [6, 6.07) is 11.5. The van der Waals surface area contributed by atoms with Gasteiger partial charge in [-0.05, 0) is 12.5 Å². The first-order valence-electron chi connectivity index (χ1n) is 9.14. The maximum absolute atomic E-state index is 14.5. The van der Waals surface area contributed by atoms with Crippen molar-refractivity contribution in [1.82, 2.24) is 4.98 Å². The largest absolute Gasteiger partial charge is 0.492 e. The van der Waals surface area contributed by atoms with Crippen molar-refractivity contribution in [2.24, 2.45) is 0 Å². The lowest BCUT2D eigenvalue weighted by atomic mass is 10.0. The number of carbonyl (C=O) groups is 2. The van der Waals surface area contributed by atoms with Gasteiger partial charge in [-0.3, -0.25) is 4.79 Å². The summed E-state index contributed by atoms with van der Waals surface area (Å²) in [6.07, 6.45) is 0. The van der Waals surface area contributed by atoms with Crippen LogP contribution in [0.5, 0.6) is 5.88 Å². The number of thiophene rings is 1. The number of halogens is 2. The fourth-order valence-electron chi connectivity index (χ4n) is 3.04. The molecule has 2 aromatic heterocycles. The third-order valence-corrected chi connectivity index (χ3v) is 6.62. The summed E-state index contributed by atoms with van der Waals surface area (Å²) in [4.78, 5) is 28.5. The maximum atomic E-state index is 14.5. The van der Waals surface area contributed by atoms with Crippen LogP contribution in [-0.2, 0) is 0 Å². The first kappa shape index (κ1) is 21.6. The lowest BCUT2D eigenvalue weighted by molar-refractivity contribution is 0.0699. The molecule has 0 atom stereocenters. The molecule has 2 heterocycles. The Labute approximate surface area is 188 Å². The molecule has 10 heteroatoms. The van der Waals surface area contributed by atoms with Crippen LogP contribution in [0.4, 0.5) is 13.8 Å². The van der Waals surface area contributed by atoms with Gasteiger partial charge in [0.2, 0.25) is 5.88 Å². The first-order valence-corrected chi connectivity index (χ1v) is 10.8. The number of aromatic hydroxyl groups is 1. The Morgan fingerprint density at radius 3 is 2.44 bits per heavy atom. The zero-order valence-corrected chi connectivity index (χ0v) is 18.0. The molecular weight excluding hydrogens is 458 g/mol. The molecule has 4 aromatic rings. The Bertz CT molecular complexity index is 1350. The van der Waals surface area contributed by atoms with E-state index in [-0.39, 0.29) is 32.1 Å². The van der Waals surface area contributed by atoms with Gasteiger partial charge in [-0.1, -0.05) is 42.5 Å². The van der Waals surface area contributed by atoms with Crippen LogP contribution >= 0.6 is 22.7 Å². The molecule has 0 fully saturated rings. The quantitative estimate of drug-likeness (QED) is 0.342. The number of aryl methyl sites for hydroxylation is 1. The molecule has 2 aromatic carbocycles. The van der Waals surface area contributed by atoms with Gasteiger partial charge >= 0.3 is 5.97 Å². The number of carboxylic acid groups (broad SMARTS) is 1. The van der Waals surface area contributed by atoms with Crippen LogP contribution in [0.3, 0.4) is 0 Å². The van der Waals surface area contributed by atoms with Crippen molar-refractivity contribution in [3.63, 3.8) is 0 Å². The van der Waals surface area contributed by atoms with Crippen molar-refractivity contribution in [3.8, 4) is 27.6 Å². The van der Waals surface area contributed by atoms with E-state index in [1.165, 1.54) is 24.4 Å². The number of anilines is 1. The summed E-state index contributed by atoms with van der Waals surface area (Å²) in [7, 11) is 0. The van der Waals surface area contributed by atoms with Crippen LogP contribution in [-0.4, -0.2) is 27.1 Å². The van der Waals surface area contributed by atoms with Crippen LogP contribution in [0, 0.1) is 18.6 Å². The van der Waals surface area contributed by atoms with E-state index >= 15 is 0 Å². The molecule has 6 nitrogen and oxygen atoms in total. The molecule has 0 unspecified atom stereocenters. The highest BCUT2D eigenvalue weighted by Gasteiger charge is 2.26. The maximum Gasteiger partial charge on any atom is 0.339 e. The van der Waals surface area contributed by atoms with E-state index in [0.29, 0.717) is 10.6 Å². The summed E-state index contributed by atoms with van der Waals surface area (Å²) in [5.41, 5.74) is 0.120. The van der Waals surface area contributed by atoms with Crippen molar-refractivity contribution in [2.45, 2.75) is 6.92 Å². The van der Waals surface area contributed by atoms with E-state index < -0.39 is 29.4 Å². The number of amides is 1. The molecule has 0 aliphatic heterocycles. The highest BCUT2D eigenvalue weighted by atomic mass is 32.1. The molecule has 0 bridgehead atoms. The third-order valence-electron chi connectivity index (χ3n) is 4.63. The molecule has 0 spiro atoms. The Morgan fingerprint density at radius 2 is 1.75 bits per heavy atom. The van der Waals surface area contributed by atoms with E-state index in [1.54, 1.807) is 24.3 Å². The standard InChI is InChI=1S/C22H14F2N2O4S2/c1-10-7-8-12(16(24)15(10)23)13-9-31-21(14(13)22(29)30)26-19(28)17-18(27)25-20(32-17)11-5-3-2-4-6-11/h2-9,27H,1H3,(H,26,28)(H,29,30). The van der Waals surface area contributed by atoms with E-state index in [2.05, 4.69) is 10.3 Å². The number of carbonyl (C=O) groups excluding carboxylic acids is 1. The second-order valence-corrected chi connectivity index (χ2v) is 8.59. The Morgan fingerprint density at radius 1 is 1.03 bits per heavy atom. The van der Waals surface area contributed by atoms with Crippen molar-refractivity contribution in [3.05, 3.63) is 75.5 Å². The van der Waals surface area contributed by atoms with Crippen molar-refractivity contribution < 1.29 is 28.6 Å². The summed E-state index contributed by atoms with van der Waals surface area (Å²) in [5, 5.41) is 23.9. The smallest absolute Gasteiger partial charge is 0.339 e. The van der Waals surface area contributed by atoms with Crippen LogP contribution < -0.4 is 5.32 Å². The third kappa shape index (κ3) is 3.85. The predicted molar refractivity (Wildman–Crippen MR) is 119 cm³/mol. The lowest BCUT2D eigenvalue weighted by Gasteiger charge is -2.07. The minimum atomic E-state index is -1.42. The molecule has 0 aliphatic carbocycles. The molecule has 3 N–H and O–H groups in total. The second kappa shape index (κ2) is 8.48. The Kier molecular flexibility index (Phi) is 5.72. The number of nitrogens with one attached hydrogen (secondary N) is 1. The predicted octanol–water partition coefficient (Wildman–Crippen LogP) is 5.78. The zero-order chi connectivity index (χ0) is 23.0. The van der Waals surface area contributed by atoms with Gasteiger partial charge in [0, 0.05) is 22.1 Å². The number of carboxylic acids is 1. The van der Waals surface area contributed by atoms with Crippen LogP contribution in [0.1, 0.15) is 25.6 Å². The summed E-state index contributed by atoms with van der Waals surface area (Å²) in [6.45, 7) is 1.39. The van der Waals surface area contributed by atoms with Gasteiger partial charge in [-0.2, -0.15) is 0 Å². The zero-order valence-electron chi connectivity index (χ0n) is 16.3. The number of aromatic nitrogens is 1. The summed E-state index contributed by atoms with van der Waals surface area (Å²) >= 11 is 1.79.